The first-order valence-electron chi connectivity index (χ1n) is 7.53. The average Bonchev–Trinajstić information content (AvgIpc) is 2.58. The van der Waals surface area contributed by atoms with Crippen molar-refractivity contribution in [3.63, 3.8) is 0 Å². The Morgan fingerprint density at radius 2 is 1.70 bits per heavy atom. The fourth-order valence-electron chi connectivity index (χ4n) is 2.84. The van der Waals surface area contributed by atoms with E-state index in [-0.39, 0.29) is 5.56 Å². The van der Waals surface area contributed by atoms with E-state index in [1.807, 2.05) is 72.1 Å². The molecule has 0 saturated heterocycles. The van der Waals surface area contributed by atoms with Crippen molar-refractivity contribution in [3.05, 3.63) is 76.6 Å². The lowest BCUT2D eigenvalue weighted by Gasteiger charge is -2.04. The second kappa shape index (κ2) is 5.02. The molecule has 2 aromatic heterocycles. The van der Waals surface area contributed by atoms with Crippen LogP contribution in [0.15, 0.2) is 65.5 Å². The van der Waals surface area contributed by atoms with E-state index in [4.69, 9.17) is 0 Å². The first-order chi connectivity index (χ1) is 11.1. The van der Waals surface area contributed by atoms with Gasteiger partial charge in [-0.15, -0.1) is 0 Å². The molecule has 0 atom stereocenters. The Labute approximate surface area is 133 Å². The van der Waals surface area contributed by atoms with Crippen LogP contribution in [0.4, 0.5) is 0 Å². The molecule has 0 aliphatic carbocycles. The topological polar surface area (TPSA) is 39.0 Å². The summed E-state index contributed by atoms with van der Waals surface area (Å²) in [6.45, 7) is 2.03. The fraction of sp³-hybridized carbons (Fsp3) is 0.105. The summed E-state index contributed by atoms with van der Waals surface area (Å²) in [5.41, 5.74) is 4.10. The van der Waals surface area contributed by atoms with Crippen molar-refractivity contribution in [1.82, 2.24) is 9.67 Å². The molecule has 0 radical (unpaired) electrons. The molecule has 0 aliphatic heterocycles. The molecule has 0 unspecified atom stereocenters. The Morgan fingerprint density at radius 3 is 2.48 bits per heavy atom. The molecule has 4 heteroatoms. The molecule has 2 heterocycles. The molecule has 4 rings (SSSR count). The molecule has 0 amide bonds. The van der Waals surface area contributed by atoms with E-state index < -0.39 is 0 Å². The minimum Gasteiger partial charge on any atom is -0.239 e. The van der Waals surface area contributed by atoms with Crippen LogP contribution in [0, 0.1) is 6.92 Å². The first kappa shape index (κ1) is 13.6. The quantitative estimate of drug-likeness (QED) is 0.400. The summed E-state index contributed by atoms with van der Waals surface area (Å²) in [6, 6.07) is 19.8. The van der Waals surface area contributed by atoms with Crippen LogP contribution in [0.25, 0.3) is 27.8 Å². The number of nitrogens with zero attached hydrogens (tertiary/aromatic N) is 3. The zero-order valence-corrected chi connectivity index (χ0v) is 13.0. The van der Waals surface area contributed by atoms with Crippen molar-refractivity contribution < 1.29 is 4.52 Å². The minimum absolute atomic E-state index is 0.0934. The third-order valence-electron chi connectivity index (χ3n) is 4.17. The zero-order chi connectivity index (χ0) is 16.0. The second-order valence-corrected chi connectivity index (χ2v) is 5.74. The van der Waals surface area contributed by atoms with Crippen molar-refractivity contribution in [2.24, 2.45) is 7.05 Å². The van der Waals surface area contributed by atoms with Crippen LogP contribution in [0.2, 0.25) is 0 Å². The monoisotopic (exact) mass is 302 g/mol. The maximum Gasteiger partial charge on any atom is 0.364 e. The number of para-hydroxylation sites is 1. The van der Waals surface area contributed by atoms with E-state index in [2.05, 4.69) is 5.10 Å². The van der Waals surface area contributed by atoms with Gasteiger partial charge >= 0.3 is 11.2 Å². The average molecular weight is 302 g/mol. The zero-order valence-electron chi connectivity index (χ0n) is 13.0. The highest BCUT2D eigenvalue weighted by atomic mass is 16.1. The van der Waals surface area contributed by atoms with E-state index in [1.165, 1.54) is 0 Å². The smallest absolute Gasteiger partial charge is 0.239 e. The second-order valence-electron chi connectivity index (χ2n) is 5.74. The molecule has 4 nitrogen and oxygen atoms in total. The van der Waals surface area contributed by atoms with E-state index in [0.29, 0.717) is 5.69 Å². The third-order valence-corrected chi connectivity index (χ3v) is 4.17. The molecule has 0 aliphatic rings. The summed E-state index contributed by atoms with van der Waals surface area (Å²) in [6.07, 6.45) is 0. The van der Waals surface area contributed by atoms with E-state index in [1.54, 1.807) is 11.6 Å². The molecular weight excluding hydrogens is 286 g/mol. The summed E-state index contributed by atoms with van der Waals surface area (Å²) in [5, 5.41) is 5.74. The summed E-state index contributed by atoms with van der Waals surface area (Å²) < 4.78 is 3.49. The van der Waals surface area contributed by atoms with Gasteiger partial charge in [0.1, 0.15) is 0 Å². The lowest BCUT2D eigenvalue weighted by atomic mass is 10.1. The van der Waals surface area contributed by atoms with Crippen molar-refractivity contribution in [2.75, 3.05) is 0 Å². The van der Waals surface area contributed by atoms with Gasteiger partial charge in [-0.25, -0.2) is 4.79 Å². The SMILES string of the molecule is Cc1ccc(-c2n[n+]3c4ccccc4ccc3n(C)c2=O)cc1. The number of aryl methyl sites for hydroxylation is 2. The Bertz CT molecular complexity index is 1100. The number of hydrogen-bond acceptors (Lipinski definition) is 2. The van der Waals surface area contributed by atoms with E-state index in [0.717, 1.165) is 27.7 Å². The van der Waals surface area contributed by atoms with Gasteiger partial charge < -0.3 is 0 Å². The molecule has 0 saturated carbocycles. The maximum absolute atomic E-state index is 12.7. The summed E-state index contributed by atoms with van der Waals surface area (Å²) >= 11 is 0. The van der Waals surface area contributed by atoms with Gasteiger partial charge in [-0.3, -0.25) is 0 Å². The summed E-state index contributed by atoms with van der Waals surface area (Å²) in [7, 11) is 1.78. The number of pyridine rings is 1. The highest BCUT2D eigenvalue weighted by Gasteiger charge is 2.18. The number of fused-ring (bicyclic) bond motifs is 3. The molecule has 112 valence electrons. The minimum atomic E-state index is -0.0934. The molecule has 0 spiro atoms. The molecule has 0 N–H and O–H groups in total. The molecule has 23 heavy (non-hydrogen) atoms. The predicted molar refractivity (Wildman–Crippen MR) is 90.3 cm³/mol. The molecule has 0 fully saturated rings. The highest BCUT2D eigenvalue weighted by Crippen LogP contribution is 2.15. The highest BCUT2D eigenvalue weighted by molar-refractivity contribution is 5.76. The Morgan fingerprint density at radius 1 is 0.957 bits per heavy atom. The van der Waals surface area contributed by atoms with Crippen LogP contribution in [0.3, 0.4) is 0 Å². The van der Waals surface area contributed by atoms with Gasteiger partial charge in [0.15, 0.2) is 5.52 Å². The number of benzene rings is 2. The Hall–Kier alpha value is -3.01. The van der Waals surface area contributed by atoms with Gasteiger partial charge in [-0.1, -0.05) is 57.6 Å². The van der Waals surface area contributed by atoms with Crippen molar-refractivity contribution in [3.8, 4) is 11.3 Å². The van der Waals surface area contributed by atoms with Gasteiger partial charge in [0.25, 0.3) is 0 Å². The van der Waals surface area contributed by atoms with E-state index >= 15 is 0 Å². The van der Waals surface area contributed by atoms with Crippen LogP contribution in [0.1, 0.15) is 5.56 Å². The van der Waals surface area contributed by atoms with Crippen LogP contribution >= 0.6 is 0 Å². The molecule has 0 bridgehead atoms. The lowest BCUT2D eigenvalue weighted by molar-refractivity contribution is -0.555. The van der Waals surface area contributed by atoms with Crippen LogP contribution in [-0.2, 0) is 7.05 Å². The van der Waals surface area contributed by atoms with Crippen LogP contribution in [-0.4, -0.2) is 9.67 Å². The summed E-state index contributed by atoms with van der Waals surface area (Å²) in [4.78, 5) is 12.7. The first-order valence-corrected chi connectivity index (χ1v) is 7.53. The Balaban J connectivity index is 2.13. The van der Waals surface area contributed by atoms with E-state index in [9.17, 15) is 4.79 Å². The third kappa shape index (κ3) is 2.11. The van der Waals surface area contributed by atoms with Gasteiger partial charge in [0.05, 0.1) is 7.05 Å². The molecule has 2 aromatic carbocycles. The van der Waals surface area contributed by atoms with Gasteiger partial charge in [0.2, 0.25) is 5.69 Å². The van der Waals surface area contributed by atoms with Crippen LogP contribution < -0.4 is 10.1 Å². The number of hydrogen-bond donors (Lipinski definition) is 0. The van der Waals surface area contributed by atoms with Crippen molar-refractivity contribution in [2.45, 2.75) is 6.92 Å². The molecular formula is C19H16N3O+. The normalized spacial score (nSPS) is 11.2. The van der Waals surface area contributed by atoms with Crippen molar-refractivity contribution in [1.29, 1.82) is 0 Å². The van der Waals surface area contributed by atoms with Crippen LogP contribution in [0.5, 0.6) is 0 Å². The van der Waals surface area contributed by atoms with Gasteiger partial charge in [-0.05, 0) is 19.1 Å². The largest absolute Gasteiger partial charge is 0.364 e. The lowest BCUT2D eigenvalue weighted by Crippen LogP contribution is -2.38. The fourth-order valence-corrected chi connectivity index (χ4v) is 2.84. The predicted octanol–water partition coefficient (Wildman–Crippen LogP) is 2.65. The summed E-state index contributed by atoms with van der Waals surface area (Å²) in [5.74, 6) is 0. The molecule has 4 aromatic rings. The number of rotatable bonds is 1. The standard InChI is InChI=1S/C19H16N3O/c1-13-7-9-15(10-8-13)18-19(23)21(2)17-12-11-14-5-3-4-6-16(14)22(17)20-18/h3-12H,1-2H3/q+1. The van der Waals surface area contributed by atoms with Gasteiger partial charge in [-0.2, -0.15) is 4.57 Å². The number of aromatic nitrogens is 3. The van der Waals surface area contributed by atoms with Gasteiger partial charge in [0, 0.05) is 17.0 Å². The maximum atomic E-state index is 12.7. The van der Waals surface area contributed by atoms with Crippen molar-refractivity contribution >= 4 is 16.6 Å². The Kier molecular flexibility index (Phi) is 2.98.